The average molecular weight is 330 g/mol. The molecule has 1 aliphatic carbocycles. The Balaban J connectivity index is 1.88. The van der Waals surface area contributed by atoms with Crippen LogP contribution in [0.15, 0.2) is 17.6 Å². The third-order valence-corrected chi connectivity index (χ3v) is 5.95. The predicted octanol–water partition coefficient (Wildman–Crippen LogP) is 3.39. The predicted molar refractivity (Wildman–Crippen MR) is 93.6 cm³/mol. The van der Waals surface area contributed by atoms with E-state index in [2.05, 4.69) is 19.9 Å². The molecule has 1 aliphatic rings. The first-order valence-electron chi connectivity index (χ1n) is 8.31. The van der Waals surface area contributed by atoms with E-state index >= 15 is 0 Å². The van der Waals surface area contributed by atoms with Crippen molar-refractivity contribution in [2.75, 3.05) is 6.54 Å². The van der Waals surface area contributed by atoms with Crippen LogP contribution in [0.2, 0.25) is 0 Å². The minimum absolute atomic E-state index is 0.389. The SMILES string of the molecule is C[C@@H](O)c1nc2cnc3ccsc3c2n1C1CCC(CN)CC1. The molecule has 0 bridgehead atoms. The summed E-state index contributed by atoms with van der Waals surface area (Å²) in [6.45, 7) is 2.57. The number of hydrogen-bond donors (Lipinski definition) is 2. The Kier molecular flexibility index (Phi) is 3.83. The molecule has 0 saturated heterocycles. The number of imidazole rings is 1. The summed E-state index contributed by atoms with van der Waals surface area (Å²) >= 11 is 1.70. The van der Waals surface area contributed by atoms with Gasteiger partial charge in [-0.15, -0.1) is 11.3 Å². The van der Waals surface area contributed by atoms with Crippen molar-refractivity contribution in [2.45, 2.75) is 44.8 Å². The molecule has 6 heteroatoms. The van der Waals surface area contributed by atoms with Crippen molar-refractivity contribution in [3.8, 4) is 0 Å². The molecule has 4 rings (SSSR count). The van der Waals surface area contributed by atoms with E-state index in [0.717, 1.165) is 54.6 Å². The maximum atomic E-state index is 10.2. The largest absolute Gasteiger partial charge is 0.385 e. The molecule has 1 fully saturated rings. The number of pyridine rings is 1. The highest BCUT2D eigenvalue weighted by Crippen LogP contribution is 2.38. The summed E-state index contributed by atoms with van der Waals surface area (Å²) in [4.78, 5) is 9.18. The van der Waals surface area contributed by atoms with Gasteiger partial charge in [0.05, 0.1) is 21.9 Å². The first-order chi connectivity index (χ1) is 11.2. The fourth-order valence-electron chi connectivity index (χ4n) is 3.80. The lowest BCUT2D eigenvalue weighted by Crippen LogP contribution is -2.24. The molecule has 23 heavy (non-hydrogen) atoms. The molecule has 0 aliphatic heterocycles. The zero-order valence-corrected chi connectivity index (χ0v) is 14.1. The van der Waals surface area contributed by atoms with Crippen molar-refractivity contribution in [1.82, 2.24) is 14.5 Å². The van der Waals surface area contributed by atoms with E-state index in [4.69, 9.17) is 5.73 Å². The van der Waals surface area contributed by atoms with E-state index in [1.807, 2.05) is 12.3 Å². The summed E-state index contributed by atoms with van der Waals surface area (Å²) in [6.07, 6.45) is 5.75. The van der Waals surface area contributed by atoms with E-state index in [9.17, 15) is 5.11 Å². The topological polar surface area (TPSA) is 77.0 Å². The lowest BCUT2D eigenvalue weighted by Gasteiger charge is -2.30. The number of nitrogens with two attached hydrogens (primary N) is 1. The van der Waals surface area contributed by atoms with Crippen LogP contribution < -0.4 is 5.73 Å². The van der Waals surface area contributed by atoms with Gasteiger partial charge in [-0.3, -0.25) is 4.98 Å². The summed E-state index contributed by atoms with van der Waals surface area (Å²) in [5.74, 6) is 1.40. The van der Waals surface area contributed by atoms with Crippen molar-refractivity contribution in [1.29, 1.82) is 0 Å². The van der Waals surface area contributed by atoms with Gasteiger partial charge in [-0.05, 0) is 56.5 Å². The molecule has 0 unspecified atom stereocenters. The molecule has 1 saturated carbocycles. The van der Waals surface area contributed by atoms with E-state index in [0.29, 0.717) is 12.0 Å². The molecule has 3 aromatic heterocycles. The number of thiophene rings is 1. The number of aromatic nitrogens is 3. The highest BCUT2D eigenvalue weighted by Gasteiger charge is 2.27. The van der Waals surface area contributed by atoms with Gasteiger partial charge in [0.15, 0.2) is 0 Å². The summed E-state index contributed by atoms with van der Waals surface area (Å²) in [5, 5.41) is 12.3. The molecule has 0 spiro atoms. The number of fused-ring (bicyclic) bond motifs is 3. The number of nitrogens with zero attached hydrogens (tertiary/aromatic N) is 3. The number of aliphatic hydroxyl groups excluding tert-OH is 1. The molecule has 1 atom stereocenters. The third-order valence-electron chi connectivity index (χ3n) is 5.04. The Morgan fingerprint density at radius 1 is 1.35 bits per heavy atom. The summed E-state index contributed by atoms with van der Waals surface area (Å²) in [7, 11) is 0. The highest BCUT2D eigenvalue weighted by atomic mass is 32.1. The van der Waals surface area contributed by atoms with E-state index in [1.54, 1.807) is 18.3 Å². The van der Waals surface area contributed by atoms with E-state index in [-0.39, 0.29) is 0 Å². The van der Waals surface area contributed by atoms with Gasteiger partial charge >= 0.3 is 0 Å². The van der Waals surface area contributed by atoms with Crippen LogP contribution in [-0.2, 0) is 0 Å². The maximum absolute atomic E-state index is 10.2. The Hall–Kier alpha value is -1.50. The molecule has 3 N–H and O–H groups in total. The molecule has 5 nitrogen and oxygen atoms in total. The van der Waals surface area contributed by atoms with Gasteiger partial charge in [0.1, 0.15) is 17.4 Å². The second-order valence-electron chi connectivity index (χ2n) is 6.55. The molecule has 0 aromatic carbocycles. The van der Waals surface area contributed by atoms with Crippen LogP contribution >= 0.6 is 11.3 Å². The van der Waals surface area contributed by atoms with Crippen LogP contribution in [0.5, 0.6) is 0 Å². The Morgan fingerprint density at radius 2 is 2.13 bits per heavy atom. The van der Waals surface area contributed by atoms with E-state index in [1.165, 1.54) is 4.70 Å². The lowest BCUT2D eigenvalue weighted by molar-refractivity contribution is 0.175. The Labute approximate surface area is 139 Å². The Bertz CT molecular complexity index is 830. The number of hydrogen-bond acceptors (Lipinski definition) is 5. The summed E-state index contributed by atoms with van der Waals surface area (Å²) in [6, 6.07) is 2.43. The minimum Gasteiger partial charge on any atom is -0.385 e. The highest BCUT2D eigenvalue weighted by molar-refractivity contribution is 7.18. The van der Waals surface area contributed by atoms with Gasteiger partial charge in [0, 0.05) is 6.04 Å². The second-order valence-corrected chi connectivity index (χ2v) is 7.47. The van der Waals surface area contributed by atoms with Crippen LogP contribution in [-0.4, -0.2) is 26.2 Å². The minimum atomic E-state index is -0.579. The normalized spacial score (nSPS) is 23.6. The van der Waals surface area contributed by atoms with Crippen LogP contribution in [0.3, 0.4) is 0 Å². The van der Waals surface area contributed by atoms with Gasteiger partial charge in [0.2, 0.25) is 0 Å². The first-order valence-corrected chi connectivity index (χ1v) is 9.19. The van der Waals surface area contributed by atoms with Crippen LogP contribution in [0, 0.1) is 5.92 Å². The Morgan fingerprint density at radius 3 is 2.83 bits per heavy atom. The monoisotopic (exact) mass is 330 g/mol. The van der Waals surface area contributed by atoms with Crippen molar-refractivity contribution >= 4 is 32.6 Å². The molecule has 3 aromatic rings. The van der Waals surface area contributed by atoms with Gasteiger partial charge in [0.25, 0.3) is 0 Å². The standard InChI is InChI=1S/C17H22N4OS/c1-10(22)17-20-14-9-19-13-6-7-23-16(13)15(14)21(17)12-4-2-11(8-18)3-5-12/h6-7,9-12,22H,2-5,8,18H2,1H3/t10-,11?,12?/m1/s1. The van der Waals surface area contributed by atoms with Gasteiger partial charge in [-0.2, -0.15) is 0 Å². The van der Waals surface area contributed by atoms with Crippen LogP contribution in [0.25, 0.3) is 21.3 Å². The van der Waals surface area contributed by atoms with Crippen molar-refractivity contribution in [3.05, 3.63) is 23.5 Å². The average Bonchev–Trinajstić information content (AvgIpc) is 3.18. The second kappa shape index (κ2) is 5.85. The fourth-order valence-corrected chi connectivity index (χ4v) is 4.69. The quantitative estimate of drug-likeness (QED) is 0.772. The van der Waals surface area contributed by atoms with Crippen molar-refractivity contribution < 1.29 is 5.11 Å². The van der Waals surface area contributed by atoms with Crippen molar-refractivity contribution in [3.63, 3.8) is 0 Å². The third kappa shape index (κ3) is 2.45. The van der Waals surface area contributed by atoms with Crippen LogP contribution in [0.4, 0.5) is 0 Å². The van der Waals surface area contributed by atoms with E-state index < -0.39 is 6.10 Å². The smallest absolute Gasteiger partial charge is 0.138 e. The summed E-state index contributed by atoms with van der Waals surface area (Å²) < 4.78 is 3.45. The lowest BCUT2D eigenvalue weighted by atomic mass is 9.86. The fraction of sp³-hybridized carbons (Fsp3) is 0.529. The van der Waals surface area contributed by atoms with Gasteiger partial charge in [-0.1, -0.05) is 0 Å². The van der Waals surface area contributed by atoms with Gasteiger partial charge < -0.3 is 15.4 Å². The zero-order valence-electron chi connectivity index (χ0n) is 13.3. The van der Waals surface area contributed by atoms with Crippen LogP contribution in [0.1, 0.15) is 50.6 Å². The summed E-state index contributed by atoms with van der Waals surface area (Å²) in [5.41, 5.74) is 8.86. The zero-order chi connectivity index (χ0) is 16.0. The number of rotatable bonds is 3. The molecule has 3 heterocycles. The molecular formula is C17H22N4OS. The van der Waals surface area contributed by atoms with Gasteiger partial charge in [-0.25, -0.2) is 4.98 Å². The maximum Gasteiger partial charge on any atom is 0.138 e. The number of aliphatic hydroxyl groups is 1. The van der Waals surface area contributed by atoms with Crippen molar-refractivity contribution in [2.24, 2.45) is 11.7 Å². The molecule has 0 amide bonds. The molecule has 122 valence electrons. The first kappa shape index (κ1) is 15.1. The molecule has 0 radical (unpaired) electrons. The molecular weight excluding hydrogens is 308 g/mol.